The lowest BCUT2D eigenvalue weighted by Gasteiger charge is -2.06. The molecule has 0 radical (unpaired) electrons. The topological polar surface area (TPSA) is 38.9 Å². The van der Waals surface area contributed by atoms with Crippen LogP contribution in [-0.2, 0) is 0 Å². The highest BCUT2D eigenvalue weighted by atomic mass is 35.5. The van der Waals surface area contributed by atoms with E-state index in [9.17, 15) is 0 Å². The predicted molar refractivity (Wildman–Crippen MR) is 56.0 cm³/mol. The van der Waals surface area contributed by atoms with E-state index >= 15 is 0 Å². The molecule has 1 aromatic rings. The largest absolute Gasteiger partial charge is 0.324 e. The first-order valence-electron chi connectivity index (χ1n) is 3.50. The molecule has 1 atom stereocenters. The van der Waals surface area contributed by atoms with Gasteiger partial charge >= 0.3 is 0 Å². The van der Waals surface area contributed by atoms with Gasteiger partial charge in [-0.3, -0.25) is 4.98 Å². The second-order valence-electron chi connectivity index (χ2n) is 2.30. The maximum atomic E-state index is 5.75. The van der Waals surface area contributed by atoms with Gasteiger partial charge < -0.3 is 5.73 Å². The van der Waals surface area contributed by atoms with Gasteiger partial charge in [-0.15, -0.1) is 24.8 Å². The lowest BCUT2D eigenvalue weighted by atomic mass is 10.1. The van der Waals surface area contributed by atoms with Gasteiger partial charge in [-0.25, -0.2) is 0 Å². The molecule has 0 spiro atoms. The number of pyridine rings is 1. The van der Waals surface area contributed by atoms with Gasteiger partial charge in [-0.05, 0) is 18.1 Å². The molecule has 1 aromatic heterocycles. The second kappa shape index (κ2) is 7.35. The van der Waals surface area contributed by atoms with Crippen LogP contribution in [0.3, 0.4) is 0 Å². The molecular formula is C8H14Cl2N2. The summed E-state index contributed by atoms with van der Waals surface area (Å²) in [6, 6.07) is 4.06. The van der Waals surface area contributed by atoms with Crippen LogP contribution in [0.4, 0.5) is 0 Å². The first-order chi connectivity index (χ1) is 4.84. The monoisotopic (exact) mass is 208 g/mol. The average Bonchev–Trinajstić information content (AvgIpc) is 2.05. The van der Waals surface area contributed by atoms with Crippen molar-refractivity contribution in [3.63, 3.8) is 0 Å². The number of hydrogen-bond acceptors (Lipinski definition) is 2. The Balaban J connectivity index is 0. The first-order valence-corrected chi connectivity index (χ1v) is 3.50. The van der Waals surface area contributed by atoms with Gasteiger partial charge in [0, 0.05) is 18.4 Å². The molecule has 12 heavy (non-hydrogen) atoms. The van der Waals surface area contributed by atoms with Gasteiger partial charge in [0.2, 0.25) is 0 Å². The normalized spacial score (nSPS) is 10.8. The smallest absolute Gasteiger partial charge is 0.0315 e. The Hall–Kier alpha value is -0.310. The third-order valence-corrected chi connectivity index (χ3v) is 1.55. The van der Waals surface area contributed by atoms with Crippen LogP contribution >= 0.6 is 24.8 Å². The Kier molecular flexibility index (Phi) is 8.71. The minimum Gasteiger partial charge on any atom is -0.324 e. The number of nitrogens with two attached hydrogens (primary N) is 1. The highest BCUT2D eigenvalue weighted by molar-refractivity contribution is 5.85. The van der Waals surface area contributed by atoms with Crippen molar-refractivity contribution in [2.45, 2.75) is 19.4 Å². The number of hydrogen-bond donors (Lipinski definition) is 1. The summed E-state index contributed by atoms with van der Waals surface area (Å²) >= 11 is 0. The summed E-state index contributed by atoms with van der Waals surface area (Å²) in [4.78, 5) is 3.97. The fourth-order valence-corrected chi connectivity index (χ4v) is 0.831. The molecule has 1 rings (SSSR count). The molecular weight excluding hydrogens is 195 g/mol. The second-order valence-corrected chi connectivity index (χ2v) is 2.30. The molecule has 2 nitrogen and oxygen atoms in total. The average molecular weight is 209 g/mol. The Labute approximate surface area is 85.4 Å². The van der Waals surface area contributed by atoms with E-state index in [0.717, 1.165) is 12.0 Å². The van der Waals surface area contributed by atoms with E-state index in [2.05, 4.69) is 11.9 Å². The molecule has 0 fully saturated rings. The third-order valence-electron chi connectivity index (χ3n) is 1.55. The van der Waals surface area contributed by atoms with Gasteiger partial charge in [-0.1, -0.05) is 13.0 Å². The molecule has 0 unspecified atom stereocenters. The van der Waals surface area contributed by atoms with E-state index in [0.29, 0.717) is 0 Å². The molecule has 0 aliphatic carbocycles. The van der Waals surface area contributed by atoms with Gasteiger partial charge in [-0.2, -0.15) is 0 Å². The molecule has 4 heteroatoms. The summed E-state index contributed by atoms with van der Waals surface area (Å²) in [7, 11) is 0. The third kappa shape index (κ3) is 3.90. The molecule has 0 saturated carbocycles. The molecule has 2 N–H and O–H groups in total. The van der Waals surface area contributed by atoms with Gasteiger partial charge in [0.05, 0.1) is 0 Å². The number of aromatic nitrogens is 1. The van der Waals surface area contributed by atoms with Crippen molar-refractivity contribution in [2.75, 3.05) is 0 Å². The number of nitrogens with zero attached hydrogens (tertiary/aromatic N) is 1. The van der Waals surface area contributed by atoms with E-state index < -0.39 is 0 Å². The van der Waals surface area contributed by atoms with Crippen molar-refractivity contribution in [3.05, 3.63) is 30.1 Å². The summed E-state index contributed by atoms with van der Waals surface area (Å²) in [5, 5.41) is 0. The Morgan fingerprint density at radius 1 is 1.50 bits per heavy atom. The van der Waals surface area contributed by atoms with E-state index in [-0.39, 0.29) is 30.9 Å². The van der Waals surface area contributed by atoms with Crippen LogP contribution in [-0.4, -0.2) is 4.98 Å². The highest BCUT2D eigenvalue weighted by Gasteiger charge is 1.99. The summed E-state index contributed by atoms with van der Waals surface area (Å²) < 4.78 is 0. The molecule has 0 saturated heterocycles. The maximum Gasteiger partial charge on any atom is 0.0315 e. The zero-order valence-corrected chi connectivity index (χ0v) is 8.57. The van der Waals surface area contributed by atoms with Crippen LogP contribution < -0.4 is 5.73 Å². The van der Waals surface area contributed by atoms with Gasteiger partial charge in [0.15, 0.2) is 0 Å². The van der Waals surface area contributed by atoms with E-state index in [4.69, 9.17) is 5.73 Å². The SMILES string of the molecule is CC[C@@H](N)c1cccnc1.Cl.Cl. The van der Waals surface area contributed by atoms with Crippen molar-refractivity contribution in [2.24, 2.45) is 5.73 Å². The predicted octanol–water partition coefficient (Wildman–Crippen LogP) is 2.34. The number of halogens is 2. The Morgan fingerprint density at radius 2 is 2.17 bits per heavy atom. The van der Waals surface area contributed by atoms with Crippen LogP contribution in [0.2, 0.25) is 0 Å². The number of rotatable bonds is 2. The van der Waals surface area contributed by atoms with Crippen LogP contribution in [0, 0.1) is 0 Å². The fourth-order valence-electron chi connectivity index (χ4n) is 0.831. The molecule has 0 aromatic carbocycles. The zero-order chi connectivity index (χ0) is 7.40. The summed E-state index contributed by atoms with van der Waals surface area (Å²) in [6.07, 6.45) is 4.53. The fraction of sp³-hybridized carbons (Fsp3) is 0.375. The van der Waals surface area contributed by atoms with Gasteiger partial charge in [0.25, 0.3) is 0 Å². The van der Waals surface area contributed by atoms with Crippen molar-refractivity contribution < 1.29 is 0 Å². The minimum absolute atomic E-state index is 0. The van der Waals surface area contributed by atoms with Crippen molar-refractivity contribution in [1.29, 1.82) is 0 Å². The van der Waals surface area contributed by atoms with Crippen LogP contribution in [0.1, 0.15) is 24.9 Å². The Bertz CT molecular complexity index is 192. The zero-order valence-electron chi connectivity index (χ0n) is 6.93. The summed E-state index contributed by atoms with van der Waals surface area (Å²) in [6.45, 7) is 2.07. The van der Waals surface area contributed by atoms with Crippen molar-refractivity contribution in [1.82, 2.24) is 4.98 Å². The lowest BCUT2D eigenvalue weighted by molar-refractivity contribution is 0.695. The molecule has 1 heterocycles. The maximum absolute atomic E-state index is 5.75. The quantitative estimate of drug-likeness (QED) is 0.811. The van der Waals surface area contributed by atoms with Crippen LogP contribution in [0.15, 0.2) is 24.5 Å². The molecule has 0 bridgehead atoms. The van der Waals surface area contributed by atoms with Crippen molar-refractivity contribution >= 4 is 24.8 Å². The summed E-state index contributed by atoms with van der Waals surface area (Å²) in [5.74, 6) is 0. The van der Waals surface area contributed by atoms with Gasteiger partial charge in [0.1, 0.15) is 0 Å². The molecule has 0 amide bonds. The lowest BCUT2D eigenvalue weighted by Crippen LogP contribution is -2.08. The standard InChI is InChI=1S/C8H12N2.2ClH/c1-2-8(9)7-4-3-5-10-6-7;;/h3-6,8H,2,9H2,1H3;2*1H/t8-;;/m1../s1. The Morgan fingerprint density at radius 3 is 2.58 bits per heavy atom. The molecule has 0 aliphatic heterocycles. The van der Waals surface area contributed by atoms with E-state index in [1.165, 1.54) is 0 Å². The minimum atomic E-state index is 0. The molecule has 0 aliphatic rings. The van der Waals surface area contributed by atoms with Crippen LogP contribution in [0.25, 0.3) is 0 Å². The first kappa shape index (κ1) is 14.2. The van der Waals surface area contributed by atoms with E-state index in [1.54, 1.807) is 6.20 Å². The van der Waals surface area contributed by atoms with E-state index in [1.807, 2.05) is 18.3 Å². The molecule has 70 valence electrons. The highest BCUT2D eigenvalue weighted by Crippen LogP contribution is 2.10. The van der Waals surface area contributed by atoms with Crippen LogP contribution in [0.5, 0.6) is 0 Å². The summed E-state index contributed by atoms with van der Waals surface area (Å²) in [5.41, 5.74) is 6.87. The van der Waals surface area contributed by atoms with Crippen molar-refractivity contribution in [3.8, 4) is 0 Å².